The van der Waals surface area contributed by atoms with E-state index in [2.05, 4.69) is 19.2 Å². The van der Waals surface area contributed by atoms with Gasteiger partial charge in [0.2, 0.25) is 0 Å². The third-order valence-corrected chi connectivity index (χ3v) is 3.52. The van der Waals surface area contributed by atoms with Crippen molar-refractivity contribution < 1.29 is 5.11 Å². The standard InChI is InChI=1S/C13H27NO/c1-12(2)10-13(6-3-4-7-13)11-14-8-5-9-15/h12,14-15H,3-11H2,1-2H3. The van der Waals surface area contributed by atoms with Gasteiger partial charge in [-0.05, 0) is 43.6 Å². The lowest BCUT2D eigenvalue weighted by Crippen LogP contribution is -2.34. The van der Waals surface area contributed by atoms with Crippen molar-refractivity contribution in [3.05, 3.63) is 0 Å². The Morgan fingerprint density at radius 3 is 2.47 bits per heavy atom. The molecule has 1 aliphatic carbocycles. The van der Waals surface area contributed by atoms with Crippen LogP contribution in [0.5, 0.6) is 0 Å². The zero-order chi connectivity index (χ0) is 11.1. The molecule has 0 saturated heterocycles. The molecule has 90 valence electrons. The fourth-order valence-corrected chi connectivity index (χ4v) is 3.00. The Labute approximate surface area is 94.5 Å². The summed E-state index contributed by atoms with van der Waals surface area (Å²) in [4.78, 5) is 0. The molecule has 1 fully saturated rings. The zero-order valence-corrected chi connectivity index (χ0v) is 10.4. The van der Waals surface area contributed by atoms with Crippen LogP contribution in [0.25, 0.3) is 0 Å². The van der Waals surface area contributed by atoms with Crippen LogP contribution in [0, 0.1) is 11.3 Å². The molecule has 0 spiro atoms. The van der Waals surface area contributed by atoms with Gasteiger partial charge in [-0.2, -0.15) is 0 Å². The highest BCUT2D eigenvalue weighted by molar-refractivity contribution is 4.87. The normalized spacial score (nSPS) is 20.0. The largest absolute Gasteiger partial charge is 0.396 e. The van der Waals surface area contributed by atoms with Gasteiger partial charge < -0.3 is 10.4 Å². The predicted molar refractivity (Wildman–Crippen MR) is 64.9 cm³/mol. The highest BCUT2D eigenvalue weighted by Crippen LogP contribution is 2.42. The number of nitrogens with one attached hydrogen (secondary N) is 1. The molecule has 1 aliphatic rings. The van der Waals surface area contributed by atoms with Crippen molar-refractivity contribution >= 4 is 0 Å². The summed E-state index contributed by atoms with van der Waals surface area (Å²) in [5.41, 5.74) is 0.573. The van der Waals surface area contributed by atoms with Crippen LogP contribution in [0.15, 0.2) is 0 Å². The van der Waals surface area contributed by atoms with Gasteiger partial charge >= 0.3 is 0 Å². The molecule has 2 N–H and O–H groups in total. The molecule has 2 heteroatoms. The molecule has 0 aromatic rings. The second-order valence-electron chi connectivity index (χ2n) is 5.56. The first-order valence-corrected chi connectivity index (χ1v) is 6.50. The topological polar surface area (TPSA) is 32.3 Å². The van der Waals surface area contributed by atoms with Gasteiger partial charge in [0.15, 0.2) is 0 Å². The molecule has 0 heterocycles. The number of aliphatic hydroxyl groups excluding tert-OH is 1. The molecule has 0 aliphatic heterocycles. The van der Waals surface area contributed by atoms with E-state index in [1.807, 2.05) is 0 Å². The molecule has 1 saturated carbocycles. The molecule has 2 nitrogen and oxygen atoms in total. The third-order valence-electron chi connectivity index (χ3n) is 3.52. The van der Waals surface area contributed by atoms with Crippen LogP contribution in [-0.4, -0.2) is 24.8 Å². The van der Waals surface area contributed by atoms with Gasteiger partial charge in [0.25, 0.3) is 0 Å². The minimum atomic E-state index is 0.310. The Hall–Kier alpha value is -0.0800. The smallest absolute Gasteiger partial charge is 0.0443 e. The van der Waals surface area contributed by atoms with E-state index in [1.54, 1.807) is 0 Å². The van der Waals surface area contributed by atoms with E-state index in [1.165, 1.54) is 32.1 Å². The van der Waals surface area contributed by atoms with Crippen molar-refractivity contribution in [2.45, 2.75) is 52.4 Å². The van der Waals surface area contributed by atoms with Crippen LogP contribution in [-0.2, 0) is 0 Å². The van der Waals surface area contributed by atoms with Gasteiger partial charge in [0.05, 0.1) is 0 Å². The second kappa shape index (κ2) is 6.49. The van der Waals surface area contributed by atoms with Gasteiger partial charge in [0, 0.05) is 13.2 Å². The van der Waals surface area contributed by atoms with Crippen molar-refractivity contribution in [2.24, 2.45) is 11.3 Å². The minimum Gasteiger partial charge on any atom is -0.396 e. The minimum absolute atomic E-state index is 0.310. The summed E-state index contributed by atoms with van der Waals surface area (Å²) >= 11 is 0. The van der Waals surface area contributed by atoms with Crippen molar-refractivity contribution in [2.75, 3.05) is 19.7 Å². The molecular formula is C13H27NO. The monoisotopic (exact) mass is 213 g/mol. The fraction of sp³-hybridized carbons (Fsp3) is 1.00. The molecule has 0 aromatic carbocycles. The summed E-state index contributed by atoms with van der Waals surface area (Å²) in [5, 5.41) is 12.2. The SMILES string of the molecule is CC(C)CC1(CNCCCO)CCCC1. The van der Waals surface area contributed by atoms with E-state index in [0.717, 1.165) is 25.4 Å². The molecule has 1 rings (SSSR count). The van der Waals surface area contributed by atoms with Crippen molar-refractivity contribution in [1.82, 2.24) is 5.32 Å². The average Bonchev–Trinajstić information content (AvgIpc) is 2.61. The number of aliphatic hydroxyl groups is 1. The van der Waals surface area contributed by atoms with E-state index >= 15 is 0 Å². The van der Waals surface area contributed by atoms with Gasteiger partial charge in [-0.1, -0.05) is 26.7 Å². The summed E-state index contributed by atoms with van der Waals surface area (Å²) in [6.45, 7) is 7.09. The third kappa shape index (κ3) is 4.52. The van der Waals surface area contributed by atoms with E-state index in [4.69, 9.17) is 5.11 Å². The highest BCUT2D eigenvalue weighted by Gasteiger charge is 2.33. The Balaban J connectivity index is 2.29. The van der Waals surface area contributed by atoms with E-state index in [9.17, 15) is 0 Å². The second-order valence-corrected chi connectivity index (χ2v) is 5.56. The summed E-state index contributed by atoms with van der Waals surface area (Å²) in [6, 6.07) is 0. The van der Waals surface area contributed by atoms with E-state index < -0.39 is 0 Å². The van der Waals surface area contributed by atoms with E-state index in [0.29, 0.717) is 12.0 Å². The first-order valence-electron chi connectivity index (χ1n) is 6.50. The fourth-order valence-electron chi connectivity index (χ4n) is 3.00. The first kappa shape index (κ1) is 13.0. The summed E-state index contributed by atoms with van der Waals surface area (Å²) < 4.78 is 0. The Kier molecular flexibility index (Phi) is 5.62. The maximum Gasteiger partial charge on any atom is 0.0443 e. The van der Waals surface area contributed by atoms with Crippen LogP contribution in [0.3, 0.4) is 0 Å². The summed E-state index contributed by atoms with van der Waals surface area (Å²) in [7, 11) is 0. The van der Waals surface area contributed by atoms with Crippen LogP contribution in [0.4, 0.5) is 0 Å². The Morgan fingerprint density at radius 1 is 1.27 bits per heavy atom. The highest BCUT2D eigenvalue weighted by atomic mass is 16.3. The van der Waals surface area contributed by atoms with Crippen molar-refractivity contribution in [1.29, 1.82) is 0 Å². The summed E-state index contributed by atoms with van der Waals surface area (Å²) in [5.74, 6) is 0.808. The van der Waals surface area contributed by atoms with Crippen LogP contribution >= 0.6 is 0 Å². The lowest BCUT2D eigenvalue weighted by atomic mass is 9.78. The molecular weight excluding hydrogens is 186 g/mol. The molecule has 15 heavy (non-hydrogen) atoms. The van der Waals surface area contributed by atoms with Crippen LogP contribution in [0.1, 0.15) is 52.4 Å². The van der Waals surface area contributed by atoms with Crippen LogP contribution < -0.4 is 5.32 Å². The summed E-state index contributed by atoms with van der Waals surface area (Å²) in [6.07, 6.45) is 7.87. The lowest BCUT2D eigenvalue weighted by molar-refractivity contribution is 0.219. The molecule has 0 bridgehead atoms. The number of hydrogen-bond donors (Lipinski definition) is 2. The van der Waals surface area contributed by atoms with Crippen molar-refractivity contribution in [3.63, 3.8) is 0 Å². The number of hydrogen-bond acceptors (Lipinski definition) is 2. The van der Waals surface area contributed by atoms with Gasteiger partial charge in [-0.15, -0.1) is 0 Å². The Morgan fingerprint density at radius 2 is 1.93 bits per heavy atom. The zero-order valence-electron chi connectivity index (χ0n) is 10.4. The van der Waals surface area contributed by atoms with Crippen LogP contribution in [0.2, 0.25) is 0 Å². The maximum absolute atomic E-state index is 8.73. The molecule has 0 aromatic heterocycles. The van der Waals surface area contributed by atoms with Gasteiger partial charge in [-0.3, -0.25) is 0 Å². The lowest BCUT2D eigenvalue weighted by Gasteiger charge is -2.31. The molecule has 0 unspecified atom stereocenters. The predicted octanol–water partition coefficient (Wildman–Crippen LogP) is 2.56. The number of rotatable bonds is 7. The quantitative estimate of drug-likeness (QED) is 0.637. The molecule has 0 radical (unpaired) electrons. The average molecular weight is 213 g/mol. The Bertz CT molecular complexity index is 162. The van der Waals surface area contributed by atoms with Gasteiger partial charge in [0.1, 0.15) is 0 Å². The first-order chi connectivity index (χ1) is 7.18. The maximum atomic E-state index is 8.73. The molecule has 0 amide bonds. The van der Waals surface area contributed by atoms with E-state index in [-0.39, 0.29) is 0 Å². The van der Waals surface area contributed by atoms with Crippen molar-refractivity contribution in [3.8, 4) is 0 Å². The van der Waals surface area contributed by atoms with Gasteiger partial charge in [-0.25, -0.2) is 0 Å². The molecule has 0 atom stereocenters.